The number of methoxy groups -OCH3 is 1. The van der Waals surface area contributed by atoms with Crippen LogP contribution in [0.25, 0.3) is 0 Å². The highest BCUT2D eigenvalue weighted by Crippen LogP contribution is 2.31. The number of rotatable bonds is 6. The Bertz CT molecular complexity index is 641. The second kappa shape index (κ2) is 7.37. The first-order valence-electron chi connectivity index (χ1n) is 7.29. The van der Waals surface area contributed by atoms with Gasteiger partial charge in [0.15, 0.2) is 6.23 Å². The molecule has 23 heavy (non-hydrogen) atoms. The van der Waals surface area contributed by atoms with E-state index in [9.17, 15) is 19.8 Å². The number of H-pyrrole nitrogens is 1. The van der Waals surface area contributed by atoms with Crippen molar-refractivity contribution in [2.45, 2.75) is 44.5 Å². The van der Waals surface area contributed by atoms with E-state index in [2.05, 4.69) is 4.98 Å². The lowest BCUT2D eigenvalue weighted by atomic mass is 10.1. The van der Waals surface area contributed by atoms with Crippen molar-refractivity contribution in [1.82, 2.24) is 9.55 Å². The number of aliphatic hydroxyl groups excluding tert-OH is 2. The Morgan fingerprint density at radius 2 is 2.17 bits per heavy atom. The standard InChI is InChI=1S/C14H22N2O7/c1-7-4-16(14(20)15-12(7)19)13-11(22-8(2)6-21-3)10(18)9(5-17)23-13/h4,8-11,13,17-18H,5-6H2,1-3H3,(H,15,19,20)/t8?,9-,10?,11?,13-/m1/s1. The quantitative estimate of drug-likeness (QED) is 0.581. The van der Waals surface area contributed by atoms with Gasteiger partial charge in [0.2, 0.25) is 0 Å². The van der Waals surface area contributed by atoms with Crippen LogP contribution in [-0.4, -0.2) is 64.5 Å². The number of ether oxygens (including phenoxy) is 3. The van der Waals surface area contributed by atoms with Crippen molar-refractivity contribution in [3.05, 3.63) is 32.6 Å². The van der Waals surface area contributed by atoms with Gasteiger partial charge in [-0.05, 0) is 13.8 Å². The van der Waals surface area contributed by atoms with Crippen LogP contribution in [0.2, 0.25) is 0 Å². The molecule has 130 valence electrons. The van der Waals surface area contributed by atoms with Crippen LogP contribution in [0.3, 0.4) is 0 Å². The summed E-state index contributed by atoms with van der Waals surface area (Å²) in [6.07, 6.45) is -2.88. The molecule has 2 heterocycles. The Hall–Kier alpha value is -1.52. The largest absolute Gasteiger partial charge is 0.394 e. The summed E-state index contributed by atoms with van der Waals surface area (Å²) in [5.74, 6) is 0. The van der Waals surface area contributed by atoms with Gasteiger partial charge in [0, 0.05) is 18.9 Å². The monoisotopic (exact) mass is 330 g/mol. The molecule has 0 aromatic carbocycles. The molecule has 1 fully saturated rings. The highest BCUT2D eigenvalue weighted by molar-refractivity contribution is 5.03. The van der Waals surface area contributed by atoms with Gasteiger partial charge in [0.1, 0.15) is 18.3 Å². The minimum Gasteiger partial charge on any atom is -0.394 e. The first kappa shape index (κ1) is 17.8. The van der Waals surface area contributed by atoms with Crippen LogP contribution >= 0.6 is 0 Å². The van der Waals surface area contributed by atoms with Gasteiger partial charge in [-0.2, -0.15) is 0 Å². The van der Waals surface area contributed by atoms with E-state index < -0.39 is 42.4 Å². The minimum atomic E-state index is -1.12. The summed E-state index contributed by atoms with van der Waals surface area (Å²) in [6.45, 7) is 3.17. The number of aliphatic hydroxyl groups is 2. The molecule has 0 amide bonds. The summed E-state index contributed by atoms with van der Waals surface area (Å²) >= 11 is 0. The number of nitrogens with zero attached hydrogens (tertiary/aromatic N) is 1. The fourth-order valence-electron chi connectivity index (χ4n) is 2.56. The lowest BCUT2D eigenvalue weighted by Crippen LogP contribution is -2.41. The third-order valence-electron chi connectivity index (χ3n) is 3.70. The van der Waals surface area contributed by atoms with Crippen LogP contribution in [0.5, 0.6) is 0 Å². The normalized spacial score (nSPS) is 28.9. The molecule has 0 saturated carbocycles. The second-order valence-electron chi connectivity index (χ2n) is 5.58. The molecular weight excluding hydrogens is 308 g/mol. The highest BCUT2D eigenvalue weighted by Gasteiger charge is 2.46. The average molecular weight is 330 g/mol. The lowest BCUT2D eigenvalue weighted by molar-refractivity contribution is -0.111. The van der Waals surface area contributed by atoms with Crippen LogP contribution in [0, 0.1) is 6.92 Å². The molecule has 1 aromatic heterocycles. The zero-order valence-corrected chi connectivity index (χ0v) is 13.3. The maximum atomic E-state index is 12.0. The summed E-state index contributed by atoms with van der Waals surface area (Å²) in [5, 5.41) is 19.6. The molecule has 1 aliphatic rings. The molecule has 0 aliphatic carbocycles. The first-order chi connectivity index (χ1) is 10.9. The van der Waals surface area contributed by atoms with Crippen molar-refractivity contribution in [3.8, 4) is 0 Å². The average Bonchev–Trinajstić information content (AvgIpc) is 2.80. The summed E-state index contributed by atoms with van der Waals surface area (Å²) < 4.78 is 17.4. The molecule has 9 nitrogen and oxygen atoms in total. The van der Waals surface area contributed by atoms with Gasteiger partial charge in [-0.25, -0.2) is 4.79 Å². The predicted molar refractivity (Wildman–Crippen MR) is 79.3 cm³/mol. The van der Waals surface area contributed by atoms with Gasteiger partial charge < -0.3 is 24.4 Å². The predicted octanol–water partition coefficient (Wildman–Crippen LogP) is -1.48. The van der Waals surface area contributed by atoms with Crippen LogP contribution in [0.1, 0.15) is 18.7 Å². The molecule has 5 atom stereocenters. The van der Waals surface area contributed by atoms with E-state index in [1.165, 1.54) is 13.3 Å². The zero-order valence-electron chi connectivity index (χ0n) is 13.3. The van der Waals surface area contributed by atoms with E-state index in [1.54, 1.807) is 13.8 Å². The Balaban J connectivity index is 2.35. The third kappa shape index (κ3) is 3.70. The van der Waals surface area contributed by atoms with Gasteiger partial charge >= 0.3 is 5.69 Å². The molecule has 1 aliphatic heterocycles. The van der Waals surface area contributed by atoms with Gasteiger partial charge in [0.05, 0.1) is 19.3 Å². The fourth-order valence-corrected chi connectivity index (χ4v) is 2.56. The number of hydrogen-bond acceptors (Lipinski definition) is 7. The number of aromatic amines is 1. The molecule has 3 unspecified atom stereocenters. The SMILES string of the molecule is COCC(C)OC1C(O)[C@@H](CO)O[C@H]1n1cc(C)c(=O)[nH]c1=O. The number of hydrogen-bond donors (Lipinski definition) is 3. The van der Waals surface area contributed by atoms with E-state index in [1.807, 2.05) is 0 Å². The summed E-state index contributed by atoms with van der Waals surface area (Å²) in [4.78, 5) is 25.7. The molecule has 0 radical (unpaired) electrons. The van der Waals surface area contributed by atoms with Crippen molar-refractivity contribution in [2.24, 2.45) is 0 Å². The van der Waals surface area contributed by atoms with Crippen molar-refractivity contribution in [2.75, 3.05) is 20.3 Å². The van der Waals surface area contributed by atoms with Crippen LogP contribution in [0.4, 0.5) is 0 Å². The Morgan fingerprint density at radius 1 is 1.48 bits per heavy atom. The van der Waals surface area contributed by atoms with Crippen molar-refractivity contribution in [3.63, 3.8) is 0 Å². The maximum absolute atomic E-state index is 12.0. The highest BCUT2D eigenvalue weighted by atomic mass is 16.6. The number of aryl methyl sites for hydroxylation is 1. The second-order valence-corrected chi connectivity index (χ2v) is 5.58. The molecule has 2 rings (SSSR count). The van der Waals surface area contributed by atoms with Crippen LogP contribution in [0.15, 0.2) is 15.8 Å². The van der Waals surface area contributed by atoms with Crippen molar-refractivity contribution >= 4 is 0 Å². The van der Waals surface area contributed by atoms with E-state index >= 15 is 0 Å². The molecular formula is C14H22N2O7. The van der Waals surface area contributed by atoms with E-state index in [0.29, 0.717) is 12.2 Å². The summed E-state index contributed by atoms with van der Waals surface area (Å²) in [5.41, 5.74) is -0.850. The smallest absolute Gasteiger partial charge is 0.330 e. The number of aromatic nitrogens is 2. The van der Waals surface area contributed by atoms with Crippen LogP contribution < -0.4 is 11.2 Å². The molecule has 9 heteroatoms. The minimum absolute atomic E-state index is 0.291. The zero-order chi connectivity index (χ0) is 17.1. The Kier molecular flexibility index (Phi) is 5.71. The maximum Gasteiger partial charge on any atom is 0.330 e. The van der Waals surface area contributed by atoms with Crippen molar-refractivity contribution in [1.29, 1.82) is 0 Å². The fraction of sp³-hybridized carbons (Fsp3) is 0.714. The van der Waals surface area contributed by atoms with Gasteiger partial charge in [-0.1, -0.05) is 0 Å². The van der Waals surface area contributed by atoms with E-state index in [4.69, 9.17) is 14.2 Å². The number of nitrogens with one attached hydrogen (secondary N) is 1. The molecule has 0 bridgehead atoms. The Labute approximate surface area is 132 Å². The van der Waals surface area contributed by atoms with Gasteiger partial charge in [0.25, 0.3) is 5.56 Å². The third-order valence-corrected chi connectivity index (χ3v) is 3.70. The van der Waals surface area contributed by atoms with E-state index in [0.717, 1.165) is 4.57 Å². The van der Waals surface area contributed by atoms with Crippen LogP contribution in [-0.2, 0) is 14.2 Å². The lowest BCUT2D eigenvalue weighted by Gasteiger charge is -2.25. The topological polar surface area (TPSA) is 123 Å². The summed E-state index contributed by atoms with van der Waals surface area (Å²) in [7, 11) is 1.52. The Morgan fingerprint density at radius 3 is 2.78 bits per heavy atom. The van der Waals surface area contributed by atoms with Crippen molar-refractivity contribution < 1.29 is 24.4 Å². The summed E-state index contributed by atoms with van der Waals surface area (Å²) in [6, 6.07) is 0. The molecule has 3 N–H and O–H groups in total. The first-order valence-corrected chi connectivity index (χ1v) is 7.29. The molecule has 1 aromatic rings. The van der Waals surface area contributed by atoms with Gasteiger partial charge in [-0.15, -0.1) is 0 Å². The van der Waals surface area contributed by atoms with Gasteiger partial charge in [-0.3, -0.25) is 14.3 Å². The molecule has 1 saturated heterocycles. The molecule has 0 spiro atoms. The van der Waals surface area contributed by atoms with E-state index in [-0.39, 0.29) is 6.10 Å².